The monoisotopic (exact) mass is 815 g/mol. The van der Waals surface area contributed by atoms with Crippen LogP contribution < -0.4 is 9.80 Å². The number of para-hydroxylation sites is 4. The quantitative estimate of drug-likeness (QED) is 0.128. The SMILES string of the molecule is CN1C(=CC=CC2=[N+](C)c3ccccc3C2(C)C)C(C)(C)c2ccccc21.C[N+]1=C(/C=C/C=C2/N(CCCCCC(=O)O)c3ccccc3C2(C)C)C(C)(C)c2ccccc21. The average molecular weight is 815 g/mol. The number of benzene rings is 4. The molecule has 0 amide bonds. The maximum atomic E-state index is 10.9. The number of likely N-dealkylation sites (N-methyl/N-ethyl adjacent to an activating group) is 1. The number of anilines is 2. The summed E-state index contributed by atoms with van der Waals surface area (Å²) in [5.74, 6) is -0.710. The fraction of sp³-hybridized carbons (Fsp3) is 0.364. The number of rotatable bonds is 10. The van der Waals surface area contributed by atoms with E-state index < -0.39 is 5.97 Å². The van der Waals surface area contributed by atoms with Gasteiger partial charge in [0.15, 0.2) is 11.4 Å². The molecule has 0 atom stereocenters. The van der Waals surface area contributed by atoms with Crippen molar-refractivity contribution in [3.63, 3.8) is 0 Å². The molecule has 8 rings (SSSR count). The van der Waals surface area contributed by atoms with Gasteiger partial charge in [-0.1, -0.05) is 119 Å². The molecule has 4 heterocycles. The van der Waals surface area contributed by atoms with E-state index in [-0.39, 0.29) is 28.1 Å². The van der Waals surface area contributed by atoms with Gasteiger partial charge in [0.1, 0.15) is 14.1 Å². The van der Waals surface area contributed by atoms with Crippen LogP contribution in [0.3, 0.4) is 0 Å². The molecular weight excluding hydrogens is 749 g/mol. The molecule has 316 valence electrons. The Morgan fingerprint density at radius 1 is 0.557 bits per heavy atom. The van der Waals surface area contributed by atoms with Crippen LogP contribution in [0.4, 0.5) is 22.7 Å². The van der Waals surface area contributed by atoms with Crippen molar-refractivity contribution in [1.29, 1.82) is 0 Å². The molecular formula is C55H66N4O2+2. The zero-order valence-corrected chi connectivity index (χ0v) is 38.4. The van der Waals surface area contributed by atoms with E-state index in [0.29, 0.717) is 0 Å². The van der Waals surface area contributed by atoms with E-state index in [4.69, 9.17) is 5.11 Å². The van der Waals surface area contributed by atoms with Gasteiger partial charge in [0.2, 0.25) is 11.4 Å². The Hall–Kier alpha value is -5.75. The minimum absolute atomic E-state index is 0.0143. The van der Waals surface area contributed by atoms with Crippen LogP contribution in [0, 0.1) is 0 Å². The second-order valence-corrected chi connectivity index (χ2v) is 19.2. The Labute approximate surface area is 365 Å². The molecule has 0 aromatic heterocycles. The van der Waals surface area contributed by atoms with Crippen molar-refractivity contribution in [3.05, 3.63) is 167 Å². The molecule has 0 saturated carbocycles. The molecule has 4 aromatic rings. The van der Waals surface area contributed by atoms with Gasteiger partial charge in [-0.3, -0.25) is 4.79 Å². The predicted molar refractivity (Wildman–Crippen MR) is 256 cm³/mol. The number of nitrogens with zero attached hydrogens (tertiary/aromatic N) is 4. The molecule has 6 nitrogen and oxygen atoms in total. The van der Waals surface area contributed by atoms with E-state index in [1.165, 1.54) is 67.8 Å². The zero-order chi connectivity index (χ0) is 43.9. The number of carbonyl (C=O) groups is 1. The molecule has 0 spiro atoms. The molecule has 61 heavy (non-hydrogen) atoms. The Balaban J connectivity index is 0.000000189. The van der Waals surface area contributed by atoms with E-state index in [1.54, 1.807) is 0 Å². The summed E-state index contributed by atoms with van der Waals surface area (Å²) in [5, 5.41) is 8.93. The first-order valence-electron chi connectivity index (χ1n) is 22.0. The number of hydrogen-bond donors (Lipinski definition) is 1. The number of carboxylic acid groups (broad SMARTS) is 1. The number of unbranched alkanes of at least 4 members (excludes halogenated alkanes) is 2. The van der Waals surface area contributed by atoms with Gasteiger partial charge in [-0.2, -0.15) is 9.15 Å². The first-order chi connectivity index (χ1) is 28.9. The van der Waals surface area contributed by atoms with Gasteiger partial charge < -0.3 is 14.9 Å². The van der Waals surface area contributed by atoms with Gasteiger partial charge in [-0.15, -0.1) is 0 Å². The molecule has 4 aliphatic rings. The number of hydrogen-bond acceptors (Lipinski definition) is 3. The first-order valence-corrected chi connectivity index (χ1v) is 22.0. The maximum absolute atomic E-state index is 10.9. The van der Waals surface area contributed by atoms with E-state index in [0.717, 1.165) is 25.8 Å². The van der Waals surface area contributed by atoms with Gasteiger partial charge in [0, 0.05) is 89.0 Å². The second-order valence-electron chi connectivity index (χ2n) is 19.2. The van der Waals surface area contributed by atoms with Crippen molar-refractivity contribution in [1.82, 2.24) is 0 Å². The zero-order valence-electron chi connectivity index (χ0n) is 38.4. The standard InChI is InChI=1S/C30H36N2O2.C25H29N2/c1-29(2)22-14-8-10-16-24(22)31(5)26(29)18-13-19-27-30(3,4)23-15-9-11-17-25(23)32(27)21-12-6-7-20-28(33)34;1-24(2)18-12-7-9-14-20(18)26(5)22(24)16-11-17-23-25(3,4)19-13-8-10-15-21(19)27(23)6/h8-11,13-19H,6-7,12,20-21H2,1-5H3;7-17H,1-6H3/q;+1/p+1. The van der Waals surface area contributed by atoms with Crippen molar-refractivity contribution in [2.24, 2.45) is 0 Å². The fourth-order valence-electron chi connectivity index (χ4n) is 10.5. The van der Waals surface area contributed by atoms with Crippen LogP contribution in [-0.4, -0.2) is 59.3 Å². The highest BCUT2D eigenvalue weighted by Crippen LogP contribution is 2.49. The van der Waals surface area contributed by atoms with Gasteiger partial charge >= 0.3 is 5.97 Å². The van der Waals surface area contributed by atoms with Crippen LogP contribution in [0.5, 0.6) is 0 Å². The van der Waals surface area contributed by atoms with Crippen molar-refractivity contribution in [3.8, 4) is 0 Å². The summed E-state index contributed by atoms with van der Waals surface area (Å²) in [5.41, 5.74) is 15.8. The summed E-state index contributed by atoms with van der Waals surface area (Å²) in [6.07, 6.45) is 16.4. The third kappa shape index (κ3) is 7.75. The van der Waals surface area contributed by atoms with Crippen LogP contribution in [0.1, 0.15) is 103 Å². The van der Waals surface area contributed by atoms with Gasteiger partial charge in [-0.05, 0) is 75.9 Å². The number of aliphatic carboxylic acids is 1. The largest absolute Gasteiger partial charge is 0.481 e. The first kappa shape index (κ1) is 43.3. The number of fused-ring (bicyclic) bond motifs is 4. The molecule has 0 unspecified atom stereocenters. The summed E-state index contributed by atoms with van der Waals surface area (Å²) in [4.78, 5) is 15.6. The van der Waals surface area contributed by atoms with Crippen LogP contribution >= 0.6 is 0 Å². The van der Waals surface area contributed by atoms with E-state index in [1.807, 2.05) is 0 Å². The van der Waals surface area contributed by atoms with E-state index in [2.05, 4.69) is 229 Å². The summed E-state index contributed by atoms with van der Waals surface area (Å²) >= 11 is 0. The smallest absolute Gasteiger partial charge is 0.303 e. The lowest BCUT2D eigenvalue weighted by Gasteiger charge is -2.27. The summed E-state index contributed by atoms with van der Waals surface area (Å²) in [6.45, 7) is 19.3. The minimum Gasteiger partial charge on any atom is -0.481 e. The molecule has 6 heteroatoms. The maximum Gasteiger partial charge on any atom is 0.303 e. The third-order valence-corrected chi connectivity index (χ3v) is 13.9. The van der Waals surface area contributed by atoms with Crippen molar-refractivity contribution >= 4 is 40.1 Å². The summed E-state index contributed by atoms with van der Waals surface area (Å²) < 4.78 is 4.63. The topological polar surface area (TPSA) is 49.8 Å². The number of allylic oxidation sites excluding steroid dienone is 8. The lowest BCUT2D eigenvalue weighted by Crippen LogP contribution is -2.27. The highest BCUT2D eigenvalue weighted by molar-refractivity contribution is 6.04. The molecule has 1 N–H and O–H groups in total. The van der Waals surface area contributed by atoms with Gasteiger partial charge in [0.25, 0.3) is 0 Å². The van der Waals surface area contributed by atoms with Gasteiger partial charge in [-0.25, -0.2) is 0 Å². The van der Waals surface area contributed by atoms with Crippen LogP contribution in [0.2, 0.25) is 0 Å². The molecule has 0 fully saturated rings. The number of carboxylic acids is 1. The predicted octanol–water partition coefficient (Wildman–Crippen LogP) is 12.1. The summed E-state index contributed by atoms with van der Waals surface area (Å²) in [7, 11) is 6.49. The lowest BCUT2D eigenvalue weighted by molar-refractivity contribution is -0.401. The molecule has 0 radical (unpaired) electrons. The van der Waals surface area contributed by atoms with Crippen LogP contribution in [-0.2, 0) is 26.5 Å². The molecule has 0 saturated heterocycles. The van der Waals surface area contributed by atoms with E-state index >= 15 is 0 Å². The molecule has 0 bridgehead atoms. The van der Waals surface area contributed by atoms with Crippen molar-refractivity contribution in [2.45, 2.75) is 103 Å². The van der Waals surface area contributed by atoms with Crippen LogP contribution in [0.15, 0.2) is 145 Å². The van der Waals surface area contributed by atoms with Crippen LogP contribution in [0.25, 0.3) is 0 Å². The highest BCUT2D eigenvalue weighted by Gasteiger charge is 2.44. The van der Waals surface area contributed by atoms with Gasteiger partial charge in [0.05, 0.1) is 10.8 Å². The fourth-order valence-corrected chi connectivity index (χ4v) is 10.5. The normalized spacial score (nSPS) is 20.1. The molecule has 4 aromatic carbocycles. The second kappa shape index (κ2) is 16.6. The third-order valence-electron chi connectivity index (χ3n) is 13.9. The Morgan fingerprint density at radius 2 is 0.984 bits per heavy atom. The molecule has 4 aliphatic heterocycles. The molecule has 0 aliphatic carbocycles. The Morgan fingerprint density at radius 3 is 1.48 bits per heavy atom. The average Bonchev–Trinajstić information content (AvgIpc) is 3.74. The Kier molecular flexibility index (Phi) is 11.8. The lowest BCUT2D eigenvalue weighted by atomic mass is 9.81. The van der Waals surface area contributed by atoms with Crippen molar-refractivity contribution < 1.29 is 19.1 Å². The van der Waals surface area contributed by atoms with Crippen molar-refractivity contribution in [2.75, 3.05) is 37.5 Å². The highest BCUT2D eigenvalue weighted by atomic mass is 16.4. The Bertz CT molecular complexity index is 2540. The van der Waals surface area contributed by atoms with E-state index in [9.17, 15) is 4.79 Å². The minimum atomic E-state index is -0.710. The summed E-state index contributed by atoms with van der Waals surface area (Å²) in [6, 6.07) is 34.7.